The molecule has 1 amide bonds. The maximum absolute atomic E-state index is 12.4. The van der Waals surface area contributed by atoms with Crippen LogP contribution in [0.2, 0.25) is 0 Å². The van der Waals surface area contributed by atoms with Crippen LogP contribution in [0.3, 0.4) is 0 Å². The van der Waals surface area contributed by atoms with Crippen LogP contribution in [0.4, 0.5) is 11.6 Å². The molecule has 1 aromatic carbocycles. The number of hydrogen-bond donors (Lipinski definition) is 6. The van der Waals surface area contributed by atoms with Gasteiger partial charge in [0.05, 0.1) is 46.4 Å². The van der Waals surface area contributed by atoms with Gasteiger partial charge in [0.1, 0.15) is 26.4 Å². The summed E-state index contributed by atoms with van der Waals surface area (Å²) >= 11 is 1.69. The lowest BCUT2D eigenvalue weighted by atomic mass is 10.2. The van der Waals surface area contributed by atoms with Crippen molar-refractivity contribution in [3.05, 3.63) is 58.4 Å². The number of amides is 1. The zero-order valence-electron chi connectivity index (χ0n) is 33.9. The third-order valence-electron chi connectivity index (χ3n) is 9.62. The number of phosphoric ester groups is 2. The van der Waals surface area contributed by atoms with Crippen LogP contribution in [0.1, 0.15) is 51.2 Å². The molecule has 0 bridgehead atoms. The number of benzene rings is 2. The summed E-state index contributed by atoms with van der Waals surface area (Å²) in [6.07, 6.45) is 0.432. The number of nitrogens with one attached hydrogen (secondary N) is 2. The van der Waals surface area contributed by atoms with Gasteiger partial charge in [-0.3, -0.25) is 28.2 Å². The van der Waals surface area contributed by atoms with Crippen LogP contribution < -0.4 is 36.3 Å². The molecule has 2 aromatic heterocycles. The number of nitrogen functional groups attached to an aromatic ring is 1. The Labute approximate surface area is 358 Å². The zero-order chi connectivity index (χ0) is 44.8. The molecule has 1 saturated heterocycles. The fourth-order valence-corrected chi connectivity index (χ4v) is 11.0. The average molecular weight is 944 g/mol. The number of fused-ring (bicyclic) bond motifs is 3. The summed E-state index contributed by atoms with van der Waals surface area (Å²) in [5.74, 6) is -0.287. The Morgan fingerprint density at radius 1 is 1.08 bits per heavy atom. The van der Waals surface area contributed by atoms with Gasteiger partial charge in [0, 0.05) is 50.8 Å². The topological polar surface area (TPSA) is 319 Å². The van der Waals surface area contributed by atoms with Crippen molar-refractivity contribution in [2.24, 2.45) is 0 Å². The minimum absolute atomic E-state index is 0.0427. The van der Waals surface area contributed by atoms with E-state index in [9.17, 15) is 43.1 Å². The van der Waals surface area contributed by atoms with E-state index in [2.05, 4.69) is 65.6 Å². The van der Waals surface area contributed by atoms with Crippen molar-refractivity contribution in [2.45, 2.75) is 63.4 Å². The summed E-state index contributed by atoms with van der Waals surface area (Å²) in [6, 6.07) is 12.4. The smallest absolute Gasteiger partial charge is 0.487 e. The molecule has 6 rings (SSSR count). The quantitative estimate of drug-likeness (QED) is 0.0266. The second-order valence-corrected chi connectivity index (χ2v) is 20.3. The van der Waals surface area contributed by atoms with Crippen molar-refractivity contribution in [3.8, 4) is 10.6 Å². The molecule has 0 saturated carbocycles. The molecule has 1 fully saturated rings. The van der Waals surface area contributed by atoms with Gasteiger partial charge in [-0.05, 0) is 43.5 Å². The Kier molecular flexibility index (Phi) is 15.5. The molecule has 338 valence electrons. The largest absolute Gasteiger partial charge is 0.756 e. The van der Waals surface area contributed by atoms with Crippen molar-refractivity contribution in [1.29, 1.82) is 0 Å². The van der Waals surface area contributed by atoms with Gasteiger partial charge in [-0.2, -0.15) is 9.29 Å². The highest BCUT2D eigenvalue weighted by Crippen LogP contribution is 2.66. The molecular formula is C35H48N9O14P3S. The maximum atomic E-state index is 12.4. The molecule has 6 atom stereocenters. The second kappa shape index (κ2) is 20.2. The van der Waals surface area contributed by atoms with E-state index < -0.39 is 60.7 Å². The number of imidazole rings is 1. The predicted octanol–water partition coefficient (Wildman–Crippen LogP) is 2.43. The van der Waals surface area contributed by atoms with Crippen LogP contribution in [0.15, 0.2) is 47.5 Å². The highest BCUT2D eigenvalue weighted by molar-refractivity contribution is 7.66. The number of hydrogen-bond acceptors (Lipinski definition) is 18. The number of H-pyrrole nitrogens is 1. The number of unbranched alkanes of at least 4 members (excludes halogenated alkanes) is 3. The van der Waals surface area contributed by atoms with Gasteiger partial charge in [-0.1, -0.05) is 12.8 Å². The van der Waals surface area contributed by atoms with Crippen LogP contribution in [0.5, 0.6) is 0 Å². The number of nitrogens with two attached hydrogens (primary N) is 1. The Bertz CT molecular complexity index is 2640. The number of aliphatic hydroxyl groups excluding tert-OH is 1. The van der Waals surface area contributed by atoms with E-state index in [4.69, 9.17) is 15.5 Å². The molecule has 3 unspecified atom stereocenters. The summed E-state index contributed by atoms with van der Waals surface area (Å²) in [4.78, 5) is 74.8. The highest BCUT2D eigenvalue weighted by atomic mass is 32.1. The van der Waals surface area contributed by atoms with Crippen molar-refractivity contribution in [1.82, 2.24) is 34.4 Å². The van der Waals surface area contributed by atoms with Gasteiger partial charge in [0.2, 0.25) is 17.2 Å². The molecular weight excluding hydrogens is 895 g/mol. The van der Waals surface area contributed by atoms with E-state index in [1.54, 1.807) is 11.3 Å². The summed E-state index contributed by atoms with van der Waals surface area (Å²) in [5, 5.41) is 14.4. The number of aromatic nitrogens is 5. The summed E-state index contributed by atoms with van der Waals surface area (Å²) in [5.41, 5.74) is 7.87. The number of carbonyl (C=O) groups excluding carboxylic acids is 1. The standard InChI is InChI=1S/C35H48N9O14P3S/c1-42(2)22-10-12-24-28(17-22)62-29-18-23(11-13-25(29)39-24)43(3)15-8-9-30(46)37-14-6-4-5-7-16-54-59(48,49)57-61(52,53)58-60(50,51)55-20-27-26(45)19-31(56-27)44-21-38-32-33(44)40-35(36)41-34(32)47/h10-13,17-18,21,26-27,31,45H,4-9,14-16,19-20H2,1-3H3,(H6-,36,37,40,41,46,47,48,49,50,51,52,53)/t26-,27+,31+/m0/s1. The molecule has 1 aliphatic carbocycles. The number of anilines is 2. The monoisotopic (exact) mass is 943 g/mol. The van der Waals surface area contributed by atoms with Crippen molar-refractivity contribution in [3.63, 3.8) is 0 Å². The molecule has 3 aliphatic rings. The molecule has 2 aliphatic heterocycles. The van der Waals surface area contributed by atoms with Crippen LogP contribution >= 0.6 is 34.8 Å². The third-order valence-corrected chi connectivity index (χ3v) is 15.0. The summed E-state index contributed by atoms with van der Waals surface area (Å²) < 4.78 is 64.3. The molecule has 4 heterocycles. The minimum atomic E-state index is -5.78. The molecule has 3 aromatic rings. The second-order valence-electron chi connectivity index (χ2n) is 14.6. The van der Waals surface area contributed by atoms with E-state index in [1.807, 2.05) is 39.3 Å². The van der Waals surface area contributed by atoms with E-state index in [-0.39, 0.29) is 35.9 Å². The number of carbonyl (C=O) groups is 1. The van der Waals surface area contributed by atoms with Crippen LogP contribution in [-0.4, -0.2) is 105 Å². The van der Waals surface area contributed by atoms with E-state index in [0.717, 1.165) is 31.8 Å². The Morgan fingerprint density at radius 2 is 1.85 bits per heavy atom. The first-order valence-electron chi connectivity index (χ1n) is 19.4. The molecule has 0 spiro atoms. The highest BCUT2D eigenvalue weighted by Gasteiger charge is 2.42. The molecule has 7 N–H and O–H groups in total. The van der Waals surface area contributed by atoms with Gasteiger partial charge < -0.3 is 45.0 Å². The molecule has 27 heteroatoms. The lowest BCUT2D eigenvalue weighted by Crippen LogP contribution is -2.26. The summed E-state index contributed by atoms with van der Waals surface area (Å²) in [7, 11) is -10.8. The predicted molar refractivity (Wildman–Crippen MR) is 226 cm³/mol. The fraction of sp³-hybridized carbons (Fsp3) is 0.486. The third kappa shape index (κ3) is 12.8. The Balaban J connectivity index is 0.830. The average Bonchev–Trinajstić information content (AvgIpc) is 3.78. The SMILES string of the molecule is CN(CCCC(=O)NCCCCCCOP(=O)([O-])OP(=O)(O)OP(=O)(O)OC[C@H]1O[C@@H](n2cnc3c(=O)[nH]c(N)nc32)C[C@@H]1O)c1ccc2nc3ccc(=[N+](C)C)cc-3sc2c1. The van der Waals surface area contributed by atoms with Crippen molar-refractivity contribution in [2.75, 3.05) is 58.1 Å². The van der Waals surface area contributed by atoms with Crippen molar-refractivity contribution >= 4 is 73.7 Å². The number of aliphatic hydroxyl groups is 1. The first kappa shape index (κ1) is 47.5. The van der Waals surface area contributed by atoms with E-state index in [0.29, 0.717) is 45.2 Å². The zero-order valence-corrected chi connectivity index (χ0v) is 37.4. The normalized spacial score (nSPS) is 19.6. The lowest BCUT2D eigenvalue weighted by Gasteiger charge is -2.25. The van der Waals surface area contributed by atoms with Gasteiger partial charge in [-0.15, -0.1) is 11.3 Å². The molecule has 0 radical (unpaired) electrons. The first-order valence-corrected chi connectivity index (χ1v) is 24.6. The van der Waals surface area contributed by atoms with Gasteiger partial charge in [-0.25, -0.2) is 28.0 Å². The minimum Gasteiger partial charge on any atom is -0.756 e. The number of rotatable bonds is 21. The van der Waals surface area contributed by atoms with E-state index in [1.165, 1.54) is 10.9 Å². The van der Waals surface area contributed by atoms with Gasteiger partial charge in [0.25, 0.3) is 13.4 Å². The van der Waals surface area contributed by atoms with Crippen LogP contribution in [-0.2, 0) is 40.9 Å². The van der Waals surface area contributed by atoms with E-state index >= 15 is 0 Å². The fourth-order valence-electron chi connectivity index (χ4n) is 6.47. The Morgan fingerprint density at radius 3 is 2.63 bits per heavy atom. The number of nitrogens with zero attached hydrogens (tertiary/aromatic N) is 6. The Hall–Kier alpha value is -3.99. The summed E-state index contributed by atoms with van der Waals surface area (Å²) in [6.45, 7) is -0.206. The lowest BCUT2D eigenvalue weighted by molar-refractivity contribution is -0.218. The maximum Gasteiger partial charge on any atom is 0.487 e. The van der Waals surface area contributed by atoms with Crippen LogP contribution in [0.25, 0.3) is 32.0 Å². The first-order chi connectivity index (χ1) is 29.3. The number of phosphoric acid groups is 3. The molecule has 23 nitrogen and oxygen atoms in total. The number of ether oxygens (including phenoxy) is 1. The van der Waals surface area contributed by atoms with Gasteiger partial charge in [0.15, 0.2) is 11.2 Å². The molecule has 62 heavy (non-hydrogen) atoms. The van der Waals surface area contributed by atoms with Gasteiger partial charge >= 0.3 is 15.6 Å². The van der Waals surface area contributed by atoms with Crippen LogP contribution in [0, 0.1) is 0 Å². The number of aromatic amines is 1. The van der Waals surface area contributed by atoms with Crippen molar-refractivity contribution < 1.29 is 60.7 Å².